The highest BCUT2D eigenvalue weighted by atomic mass is 19.2. The lowest BCUT2D eigenvalue weighted by atomic mass is 10.0. The van der Waals surface area contributed by atoms with Gasteiger partial charge in [0.25, 0.3) is 0 Å². The van der Waals surface area contributed by atoms with E-state index in [0.717, 1.165) is 6.07 Å². The minimum Gasteiger partial charge on any atom is -0.505 e. The Labute approximate surface area is 84.2 Å². The van der Waals surface area contributed by atoms with Crippen molar-refractivity contribution in [3.63, 3.8) is 0 Å². The number of halogens is 2. The number of phenolic OH excluding ortho intramolecular Hbond substituents is 1. The van der Waals surface area contributed by atoms with Gasteiger partial charge in [0.15, 0.2) is 11.6 Å². The van der Waals surface area contributed by atoms with Crippen LogP contribution in [0, 0.1) is 23.0 Å². The quantitative estimate of drug-likeness (QED) is 0.669. The molecule has 4 nitrogen and oxygen atoms in total. The minimum atomic E-state index is -1.53. The SMILES string of the molecule is N#Cc1cc([C@@H](N)CO)c(O)c(F)c1F. The van der Waals surface area contributed by atoms with Crippen LogP contribution in [-0.2, 0) is 0 Å². The number of aromatic hydroxyl groups is 1. The molecule has 0 aliphatic carbocycles. The van der Waals surface area contributed by atoms with Gasteiger partial charge in [0.1, 0.15) is 6.07 Å². The Hall–Kier alpha value is -1.71. The fraction of sp³-hybridized carbons (Fsp3) is 0.222. The van der Waals surface area contributed by atoms with Gasteiger partial charge in [-0.3, -0.25) is 0 Å². The van der Waals surface area contributed by atoms with Gasteiger partial charge in [-0.05, 0) is 6.07 Å². The summed E-state index contributed by atoms with van der Waals surface area (Å²) in [5.74, 6) is -3.94. The van der Waals surface area contributed by atoms with E-state index in [9.17, 15) is 13.9 Å². The molecule has 0 unspecified atom stereocenters. The highest BCUT2D eigenvalue weighted by Gasteiger charge is 2.20. The van der Waals surface area contributed by atoms with Crippen molar-refractivity contribution in [1.82, 2.24) is 0 Å². The monoisotopic (exact) mass is 214 g/mol. The summed E-state index contributed by atoms with van der Waals surface area (Å²) in [4.78, 5) is 0. The van der Waals surface area contributed by atoms with Gasteiger partial charge in [0.05, 0.1) is 18.2 Å². The van der Waals surface area contributed by atoms with E-state index in [1.807, 2.05) is 0 Å². The van der Waals surface area contributed by atoms with Crippen molar-refractivity contribution in [1.29, 1.82) is 5.26 Å². The topological polar surface area (TPSA) is 90.3 Å². The number of benzene rings is 1. The first kappa shape index (κ1) is 11.4. The van der Waals surface area contributed by atoms with E-state index in [4.69, 9.17) is 16.1 Å². The molecule has 0 heterocycles. The molecule has 6 heteroatoms. The van der Waals surface area contributed by atoms with Crippen LogP contribution in [0.5, 0.6) is 5.75 Å². The Morgan fingerprint density at radius 3 is 2.53 bits per heavy atom. The third kappa shape index (κ3) is 1.88. The summed E-state index contributed by atoms with van der Waals surface area (Å²) in [6.45, 7) is -0.552. The minimum absolute atomic E-state index is 0.201. The van der Waals surface area contributed by atoms with E-state index in [0.29, 0.717) is 0 Å². The van der Waals surface area contributed by atoms with Gasteiger partial charge in [-0.15, -0.1) is 0 Å². The molecule has 0 aliphatic rings. The Balaban J connectivity index is 3.43. The second-order valence-electron chi connectivity index (χ2n) is 2.89. The lowest BCUT2D eigenvalue weighted by Gasteiger charge is -2.12. The molecule has 15 heavy (non-hydrogen) atoms. The fourth-order valence-electron chi connectivity index (χ4n) is 1.10. The first-order chi connectivity index (χ1) is 7.02. The number of rotatable bonds is 2. The highest BCUT2D eigenvalue weighted by molar-refractivity contribution is 5.45. The standard InChI is InChI=1S/C9H8F2N2O2/c10-7-4(2-12)1-5(6(13)3-14)9(15)8(7)11/h1,6,14-15H,3,13H2/t6-/m0/s1. The van der Waals surface area contributed by atoms with Crippen molar-refractivity contribution in [3.05, 3.63) is 28.8 Å². The van der Waals surface area contributed by atoms with Gasteiger partial charge in [0.2, 0.25) is 5.82 Å². The van der Waals surface area contributed by atoms with Crippen molar-refractivity contribution in [2.45, 2.75) is 6.04 Å². The van der Waals surface area contributed by atoms with Crippen LogP contribution >= 0.6 is 0 Å². The Morgan fingerprint density at radius 2 is 2.07 bits per heavy atom. The molecule has 0 saturated heterocycles. The van der Waals surface area contributed by atoms with Crippen molar-refractivity contribution in [3.8, 4) is 11.8 Å². The molecule has 1 atom stereocenters. The zero-order valence-electron chi connectivity index (χ0n) is 7.54. The van der Waals surface area contributed by atoms with E-state index in [1.165, 1.54) is 6.07 Å². The van der Waals surface area contributed by atoms with Crippen LogP contribution in [0.15, 0.2) is 6.07 Å². The number of hydrogen-bond acceptors (Lipinski definition) is 4. The molecule has 0 aliphatic heterocycles. The van der Waals surface area contributed by atoms with Crippen LogP contribution in [0.4, 0.5) is 8.78 Å². The lowest BCUT2D eigenvalue weighted by molar-refractivity contribution is 0.263. The maximum Gasteiger partial charge on any atom is 0.202 e. The van der Waals surface area contributed by atoms with Gasteiger partial charge >= 0.3 is 0 Å². The molecular weight excluding hydrogens is 206 g/mol. The number of hydrogen-bond donors (Lipinski definition) is 3. The molecule has 0 radical (unpaired) electrons. The van der Waals surface area contributed by atoms with Crippen molar-refractivity contribution >= 4 is 0 Å². The van der Waals surface area contributed by atoms with Crippen LogP contribution < -0.4 is 5.73 Å². The number of nitrogens with two attached hydrogens (primary N) is 1. The Kier molecular flexibility index (Phi) is 3.19. The normalized spacial score (nSPS) is 12.2. The highest BCUT2D eigenvalue weighted by Crippen LogP contribution is 2.29. The van der Waals surface area contributed by atoms with Crippen LogP contribution in [0.25, 0.3) is 0 Å². The number of aliphatic hydroxyl groups is 1. The molecule has 1 aromatic carbocycles. The summed E-state index contributed by atoms with van der Waals surface area (Å²) in [7, 11) is 0. The largest absolute Gasteiger partial charge is 0.505 e. The summed E-state index contributed by atoms with van der Waals surface area (Å²) >= 11 is 0. The van der Waals surface area contributed by atoms with E-state index < -0.39 is 35.6 Å². The number of phenols is 1. The molecule has 1 aromatic rings. The average molecular weight is 214 g/mol. The maximum atomic E-state index is 13.0. The lowest BCUT2D eigenvalue weighted by Crippen LogP contribution is -2.15. The second-order valence-corrected chi connectivity index (χ2v) is 2.89. The van der Waals surface area contributed by atoms with Gasteiger partial charge in [-0.25, -0.2) is 4.39 Å². The van der Waals surface area contributed by atoms with E-state index in [1.54, 1.807) is 0 Å². The molecular formula is C9H8F2N2O2. The zero-order chi connectivity index (χ0) is 11.6. The van der Waals surface area contributed by atoms with Crippen molar-refractivity contribution < 1.29 is 19.0 Å². The van der Waals surface area contributed by atoms with Crippen molar-refractivity contribution in [2.75, 3.05) is 6.61 Å². The third-order valence-electron chi connectivity index (χ3n) is 1.93. The van der Waals surface area contributed by atoms with E-state index in [2.05, 4.69) is 0 Å². The van der Waals surface area contributed by atoms with Crippen LogP contribution in [-0.4, -0.2) is 16.8 Å². The zero-order valence-corrected chi connectivity index (χ0v) is 7.54. The molecule has 0 bridgehead atoms. The first-order valence-electron chi connectivity index (χ1n) is 4.00. The van der Waals surface area contributed by atoms with Gasteiger partial charge in [0, 0.05) is 5.56 Å². The molecule has 0 fully saturated rings. The molecule has 0 spiro atoms. The Bertz CT molecular complexity index is 429. The molecule has 0 amide bonds. The maximum absolute atomic E-state index is 13.0. The van der Waals surface area contributed by atoms with Crippen LogP contribution in [0.3, 0.4) is 0 Å². The molecule has 0 saturated carbocycles. The second kappa shape index (κ2) is 4.21. The molecule has 1 rings (SSSR count). The summed E-state index contributed by atoms with van der Waals surface area (Å²) in [5.41, 5.74) is 4.56. The van der Waals surface area contributed by atoms with E-state index >= 15 is 0 Å². The predicted octanol–water partition coefficient (Wildman–Crippen LogP) is 0.534. The van der Waals surface area contributed by atoms with Crippen LogP contribution in [0.1, 0.15) is 17.2 Å². The molecule has 0 aromatic heterocycles. The smallest absolute Gasteiger partial charge is 0.202 e. The van der Waals surface area contributed by atoms with Crippen LogP contribution in [0.2, 0.25) is 0 Å². The molecule has 80 valence electrons. The summed E-state index contributed by atoms with van der Waals surface area (Å²) in [6.07, 6.45) is 0. The third-order valence-corrected chi connectivity index (χ3v) is 1.93. The number of aliphatic hydroxyl groups excluding tert-OH is 1. The average Bonchev–Trinajstić information content (AvgIpc) is 2.25. The van der Waals surface area contributed by atoms with Gasteiger partial charge in [-0.1, -0.05) is 0 Å². The summed E-state index contributed by atoms with van der Waals surface area (Å²) < 4.78 is 26.0. The van der Waals surface area contributed by atoms with E-state index in [-0.39, 0.29) is 5.56 Å². The number of nitriles is 1. The number of nitrogens with zero attached hydrogens (tertiary/aromatic N) is 1. The summed E-state index contributed by atoms with van der Waals surface area (Å²) in [5, 5.41) is 26.4. The van der Waals surface area contributed by atoms with Gasteiger partial charge in [-0.2, -0.15) is 9.65 Å². The summed E-state index contributed by atoms with van der Waals surface area (Å²) in [6, 6.07) is 1.27. The predicted molar refractivity (Wildman–Crippen MR) is 46.8 cm³/mol. The van der Waals surface area contributed by atoms with Crippen molar-refractivity contribution in [2.24, 2.45) is 5.73 Å². The first-order valence-corrected chi connectivity index (χ1v) is 4.00. The van der Waals surface area contributed by atoms with Gasteiger partial charge < -0.3 is 15.9 Å². The Morgan fingerprint density at radius 1 is 1.47 bits per heavy atom. The fourth-order valence-corrected chi connectivity index (χ4v) is 1.10. The molecule has 4 N–H and O–H groups in total.